The molecule has 1 atom stereocenters. The smallest absolute Gasteiger partial charge is 0.313 e. The molecule has 0 radical (unpaired) electrons. The Labute approximate surface area is 178 Å². The van der Waals surface area contributed by atoms with Crippen LogP contribution in [0.15, 0.2) is 48.5 Å². The SMILES string of the molecule is COc1ccccc1NC(=O)C(=O)NCC(c1ccc(C)cc1)N1CCN(C)CC1. The lowest BCUT2D eigenvalue weighted by molar-refractivity contribution is -0.136. The molecule has 7 heteroatoms. The molecule has 0 spiro atoms. The maximum absolute atomic E-state index is 12.5. The van der Waals surface area contributed by atoms with Gasteiger partial charge in [-0.2, -0.15) is 0 Å². The van der Waals surface area contributed by atoms with Gasteiger partial charge in [-0.15, -0.1) is 0 Å². The van der Waals surface area contributed by atoms with E-state index >= 15 is 0 Å². The summed E-state index contributed by atoms with van der Waals surface area (Å²) in [6.07, 6.45) is 0. The number of likely N-dealkylation sites (N-methyl/N-ethyl adjacent to an activating group) is 1. The highest BCUT2D eigenvalue weighted by atomic mass is 16.5. The van der Waals surface area contributed by atoms with E-state index in [1.807, 2.05) is 0 Å². The molecular weight excluding hydrogens is 380 g/mol. The third kappa shape index (κ3) is 5.58. The molecule has 1 aliphatic rings. The van der Waals surface area contributed by atoms with E-state index in [0.717, 1.165) is 31.7 Å². The lowest BCUT2D eigenvalue weighted by Gasteiger charge is -2.38. The molecule has 1 unspecified atom stereocenters. The number of piperazine rings is 1. The second-order valence-corrected chi connectivity index (χ2v) is 7.63. The summed E-state index contributed by atoms with van der Waals surface area (Å²) in [6.45, 7) is 6.20. The van der Waals surface area contributed by atoms with Crippen LogP contribution in [-0.2, 0) is 9.59 Å². The molecule has 2 amide bonds. The number of aryl methyl sites for hydroxylation is 1. The summed E-state index contributed by atoms with van der Waals surface area (Å²) in [5, 5.41) is 5.44. The Morgan fingerprint density at radius 3 is 2.33 bits per heavy atom. The number of carbonyl (C=O) groups excluding carboxylic acids is 2. The van der Waals surface area contributed by atoms with Crippen molar-refractivity contribution in [3.63, 3.8) is 0 Å². The van der Waals surface area contributed by atoms with Crippen LogP contribution in [0.4, 0.5) is 5.69 Å². The average molecular weight is 411 g/mol. The van der Waals surface area contributed by atoms with Crippen LogP contribution in [0, 0.1) is 6.92 Å². The van der Waals surface area contributed by atoms with E-state index in [9.17, 15) is 9.59 Å². The van der Waals surface area contributed by atoms with Crippen LogP contribution >= 0.6 is 0 Å². The molecule has 1 saturated heterocycles. The van der Waals surface area contributed by atoms with Gasteiger partial charge in [0.2, 0.25) is 0 Å². The van der Waals surface area contributed by atoms with E-state index < -0.39 is 11.8 Å². The second-order valence-electron chi connectivity index (χ2n) is 7.63. The van der Waals surface area contributed by atoms with Crippen molar-refractivity contribution in [3.05, 3.63) is 59.7 Å². The van der Waals surface area contributed by atoms with Crippen molar-refractivity contribution in [1.82, 2.24) is 15.1 Å². The zero-order chi connectivity index (χ0) is 21.5. The molecule has 3 rings (SSSR count). The molecule has 30 heavy (non-hydrogen) atoms. The summed E-state index contributed by atoms with van der Waals surface area (Å²) in [4.78, 5) is 29.5. The van der Waals surface area contributed by atoms with E-state index in [2.05, 4.69) is 58.7 Å². The number of benzene rings is 2. The fourth-order valence-corrected chi connectivity index (χ4v) is 3.58. The number of anilines is 1. The molecule has 0 aromatic heterocycles. The van der Waals surface area contributed by atoms with Crippen LogP contribution in [0.2, 0.25) is 0 Å². The maximum Gasteiger partial charge on any atom is 0.313 e. The van der Waals surface area contributed by atoms with Gasteiger partial charge in [-0.1, -0.05) is 42.0 Å². The molecule has 160 valence electrons. The van der Waals surface area contributed by atoms with Gasteiger partial charge in [-0.25, -0.2) is 0 Å². The number of nitrogens with one attached hydrogen (secondary N) is 2. The summed E-state index contributed by atoms with van der Waals surface area (Å²) in [5.74, 6) is -0.860. The summed E-state index contributed by atoms with van der Waals surface area (Å²) < 4.78 is 5.22. The number of hydrogen-bond acceptors (Lipinski definition) is 5. The Hall–Kier alpha value is -2.90. The monoisotopic (exact) mass is 410 g/mol. The number of ether oxygens (including phenoxy) is 1. The number of carbonyl (C=O) groups is 2. The highest BCUT2D eigenvalue weighted by Gasteiger charge is 2.25. The molecule has 2 aromatic carbocycles. The molecule has 2 N–H and O–H groups in total. The Kier molecular flexibility index (Phi) is 7.43. The van der Waals surface area contributed by atoms with E-state index in [-0.39, 0.29) is 6.04 Å². The quantitative estimate of drug-likeness (QED) is 0.713. The van der Waals surface area contributed by atoms with Crippen molar-refractivity contribution in [2.24, 2.45) is 0 Å². The van der Waals surface area contributed by atoms with Crippen molar-refractivity contribution < 1.29 is 14.3 Å². The predicted molar refractivity (Wildman–Crippen MR) is 118 cm³/mol. The number of amides is 2. The molecular formula is C23H30N4O3. The van der Waals surface area contributed by atoms with Gasteiger partial charge in [0.15, 0.2) is 0 Å². The minimum absolute atomic E-state index is 0.0160. The number of rotatable bonds is 6. The van der Waals surface area contributed by atoms with Crippen molar-refractivity contribution in [2.45, 2.75) is 13.0 Å². The molecule has 2 aromatic rings. The summed E-state index contributed by atoms with van der Waals surface area (Å²) in [6, 6.07) is 15.4. The first-order valence-electron chi connectivity index (χ1n) is 10.2. The summed E-state index contributed by atoms with van der Waals surface area (Å²) in [7, 11) is 3.63. The van der Waals surface area contributed by atoms with E-state index in [1.165, 1.54) is 12.7 Å². The standard InChI is InChI=1S/C23H30N4O3/c1-17-8-10-18(11-9-17)20(27-14-12-26(2)13-15-27)16-24-22(28)23(29)25-19-6-4-5-7-21(19)30-3/h4-11,20H,12-16H2,1-3H3,(H,24,28)(H,25,29). The van der Waals surface area contributed by atoms with E-state index in [0.29, 0.717) is 18.0 Å². The van der Waals surface area contributed by atoms with Crippen LogP contribution in [0.25, 0.3) is 0 Å². The van der Waals surface area contributed by atoms with Gasteiger partial charge in [-0.05, 0) is 31.7 Å². The van der Waals surface area contributed by atoms with Gasteiger partial charge in [0.25, 0.3) is 0 Å². The second kappa shape index (κ2) is 10.2. The summed E-state index contributed by atoms with van der Waals surface area (Å²) in [5.41, 5.74) is 2.79. The lowest BCUT2D eigenvalue weighted by Crippen LogP contribution is -2.49. The minimum Gasteiger partial charge on any atom is -0.495 e. The molecule has 7 nitrogen and oxygen atoms in total. The van der Waals surface area contributed by atoms with Gasteiger partial charge in [0, 0.05) is 32.7 Å². The van der Waals surface area contributed by atoms with Crippen LogP contribution in [-0.4, -0.2) is 68.5 Å². The van der Waals surface area contributed by atoms with Gasteiger partial charge >= 0.3 is 11.8 Å². The first-order chi connectivity index (χ1) is 14.5. The van der Waals surface area contributed by atoms with Gasteiger partial charge in [0.1, 0.15) is 5.75 Å². The number of methoxy groups -OCH3 is 1. The zero-order valence-electron chi connectivity index (χ0n) is 17.9. The van der Waals surface area contributed by atoms with Crippen LogP contribution in [0.1, 0.15) is 17.2 Å². The fraction of sp³-hybridized carbons (Fsp3) is 0.391. The third-order valence-corrected chi connectivity index (χ3v) is 5.46. The van der Waals surface area contributed by atoms with E-state index in [1.54, 1.807) is 24.3 Å². The highest BCUT2D eigenvalue weighted by molar-refractivity contribution is 6.39. The van der Waals surface area contributed by atoms with Crippen molar-refractivity contribution in [3.8, 4) is 5.75 Å². The molecule has 0 bridgehead atoms. The molecule has 1 aliphatic heterocycles. The van der Waals surface area contributed by atoms with Crippen molar-refractivity contribution in [1.29, 1.82) is 0 Å². The topological polar surface area (TPSA) is 73.9 Å². The van der Waals surface area contributed by atoms with Crippen LogP contribution in [0.5, 0.6) is 5.75 Å². The molecule has 0 aliphatic carbocycles. The number of para-hydroxylation sites is 2. The normalized spacial score (nSPS) is 16.0. The zero-order valence-corrected chi connectivity index (χ0v) is 17.9. The fourth-order valence-electron chi connectivity index (χ4n) is 3.58. The van der Waals surface area contributed by atoms with Crippen LogP contribution in [0.3, 0.4) is 0 Å². The first-order valence-corrected chi connectivity index (χ1v) is 10.2. The van der Waals surface area contributed by atoms with Crippen molar-refractivity contribution >= 4 is 17.5 Å². The number of nitrogens with zero attached hydrogens (tertiary/aromatic N) is 2. The minimum atomic E-state index is -0.708. The van der Waals surface area contributed by atoms with E-state index in [4.69, 9.17) is 4.74 Å². The summed E-state index contributed by atoms with van der Waals surface area (Å²) >= 11 is 0. The number of hydrogen-bond donors (Lipinski definition) is 2. The Morgan fingerprint density at radius 1 is 1.00 bits per heavy atom. The Bertz CT molecular complexity index is 861. The average Bonchev–Trinajstić information content (AvgIpc) is 2.76. The molecule has 1 heterocycles. The Morgan fingerprint density at radius 2 is 1.67 bits per heavy atom. The highest BCUT2D eigenvalue weighted by Crippen LogP contribution is 2.24. The lowest BCUT2D eigenvalue weighted by atomic mass is 10.0. The van der Waals surface area contributed by atoms with Gasteiger partial charge in [0.05, 0.1) is 18.8 Å². The predicted octanol–water partition coefficient (Wildman–Crippen LogP) is 2.05. The third-order valence-electron chi connectivity index (χ3n) is 5.46. The molecule has 1 fully saturated rings. The largest absolute Gasteiger partial charge is 0.495 e. The Balaban J connectivity index is 1.66. The first kappa shape index (κ1) is 21.8. The maximum atomic E-state index is 12.5. The van der Waals surface area contributed by atoms with Gasteiger partial charge in [-0.3, -0.25) is 14.5 Å². The molecule has 0 saturated carbocycles. The van der Waals surface area contributed by atoms with Gasteiger partial charge < -0.3 is 20.3 Å². The van der Waals surface area contributed by atoms with Crippen LogP contribution < -0.4 is 15.4 Å². The van der Waals surface area contributed by atoms with Crippen molar-refractivity contribution in [2.75, 3.05) is 52.2 Å².